The largest absolute Gasteiger partial charge is 0.463 e. The molecule has 3 N–H and O–H groups in total. The molecule has 4 aromatic rings. The third kappa shape index (κ3) is 5.21. The molecule has 0 radical (unpaired) electrons. The van der Waals surface area contributed by atoms with Gasteiger partial charge in [0.1, 0.15) is 5.69 Å². The van der Waals surface area contributed by atoms with E-state index in [-0.39, 0.29) is 5.11 Å². The van der Waals surface area contributed by atoms with Crippen LogP contribution in [-0.4, -0.2) is 21.8 Å². The Hall–Kier alpha value is -3.50. The van der Waals surface area contributed by atoms with Gasteiger partial charge in [-0.1, -0.05) is 30.0 Å². The lowest BCUT2D eigenvalue weighted by molar-refractivity contribution is 0.0946. The summed E-state index contributed by atoms with van der Waals surface area (Å²) in [6.07, 6.45) is 1.54. The molecule has 0 aliphatic heterocycles. The molecule has 0 fully saturated rings. The van der Waals surface area contributed by atoms with Crippen molar-refractivity contribution in [2.75, 3.05) is 5.32 Å². The SMILES string of the molecule is O=C(NNC(=S)Nc1ccc(SC(F)F)cc1)c1cc(-c2ccco2)nc2ccccc12. The zero-order valence-corrected chi connectivity index (χ0v) is 18.0. The van der Waals surface area contributed by atoms with E-state index in [4.69, 9.17) is 16.6 Å². The van der Waals surface area contributed by atoms with E-state index in [1.807, 2.05) is 18.2 Å². The van der Waals surface area contributed by atoms with E-state index in [1.54, 1.807) is 48.5 Å². The Kier molecular flexibility index (Phi) is 6.62. The molecule has 0 aliphatic carbocycles. The number of pyridine rings is 1. The summed E-state index contributed by atoms with van der Waals surface area (Å²) >= 11 is 5.66. The highest BCUT2D eigenvalue weighted by molar-refractivity contribution is 7.99. The van der Waals surface area contributed by atoms with Crippen LogP contribution in [0.1, 0.15) is 10.4 Å². The molecule has 0 unspecified atom stereocenters. The van der Waals surface area contributed by atoms with Crippen LogP contribution in [0.3, 0.4) is 0 Å². The van der Waals surface area contributed by atoms with Crippen molar-refractivity contribution in [1.82, 2.24) is 15.8 Å². The average Bonchev–Trinajstić information content (AvgIpc) is 3.33. The van der Waals surface area contributed by atoms with Gasteiger partial charge in [0.2, 0.25) is 0 Å². The van der Waals surface area contributed by atoms with Crippen molar-refractivity contribution in [3.63, 3.8) is 0 Å². The fourth-order valence-corrected chi connectivity index (χ4v) is 3.64. The van der Waals surface area contributed by atoms with Crippen LogP contribution in [0.25, 0.3) is 22.4 Å². The number of benzene rings is 2. The van der Waals surface area contributed by atoms with E-state index in [2.05, 4.69) is 21.2 Å². The number of hydrogen-bond acceptors (Lipinski definition) is 5. The molecule has 0 saturated heterocycles. The highest BCUT2D eigenvalue weighted by Gasteiger charge is 2.15. The average molecular weight is 471 g/mol. The molecular weight excluding hydrogens is 454 g/mol. The van der Waals surface area contributed by atoms with Gasteiger partial charge >= 0.3 is 0 Å². The van der Waals surface area contributed by atoms with Gasteiger partial charge in [0.05, 0.1) is 17.3 Å². The number of hydrogen-bond donors (Lipinski definition) is 3. The van der Waals surface area contributed by atoms with E-state index in [0.717, 1.165) is 0 Å². The quantitative estimate of drug-likeness (QED) is 0.204. The summed E-state index contributed by atoms with van der Waals surface area (Å²) in [6, 6.07) is 18.8. The summed E-state index contributed by atoms with van der Waals surface area (Å²) in [5.41, 5.74) is 7.37. The number of para-hydroxylation sites is 1. The zero-order chi connectivity index (χ0) is 22.5. The van der Waals surface area contributed by atoms with E-state index in [0.29, 0.717) is 50.3 Å². The molecule has 10 heteroatoms. The van der Waals surface area contributed by atoms with Crippen LogP contribution in [0, 0.1) is 0 Å². The lowest BCUT2D eigenvalue weighted by Crippen LogP contribution is -2.43. The topological polar surface area (TPSA) is 79.2 Å². The number of carbonyl (C=O) groups is 1. The number of rotatable bonds is 5. The summed E-state index contributed by atoms with van der Waals surface area (Å²) in [5, 5.41) is 3.69. The Labute approximate surface area is 191 Å². The Bertz CT molecular complexity index is 1250. The summed E-state index contributed by atoms with van der Waals surface area (Å²) in [4.78, 5) is 17.9. The Morgan fingerprint density at radius 1 is 1.03 bits per heavy atom. The van der Waals surface area contributed by atoms with Crippen LogP contribution < -0.4 is 16.2 Å². The van der Waals surface area contributed by atoms with Gasteiger partial charge in [-0.3, -0.25) is 15.6 Å². The van der Waals surface area contributed by atoms with Crippen LogP contribution in [0.4, 0.5) is 14.5 Å². The fraction of sp³-hybridized carbons (Fsp3) is 0.0455. The maximum Gasteiger partial charge on any atom is 0.288 e. The molecular formula is C22H16F2N4O2S2. The van der Waals surface area contributed by atoms with Crippen molar-refractivity contribution < 1.29 is 18.0 Å². The molecule has 2 aromatic heterocycles. The number of carbonyl (C=O) groups excluding carboxylic acids is 1. The van der Waals surface area contributed by atoms with Crippen LogP contribution in [0.2, 0.25) is 0 Å². The lowest BCUT2D eigenvalue weighted by Gasteiger charge is -2.13. The molecule has 0 saturated carbocycles. The molecule has 1 amide bonds. The highest BCUT2D eigenvalue weighted by Crippen LogP contribution is 2.26. The van der Waals surface area contributed by atoms with Gasteiger partial charge in [-0.2, -0.15) is 8.78 Å². The summed E-state index contributed by atoms with van der Waals surface area (Å²) in [6.45, 7) is 0. The minimum atomic E-state index is -2.48. The minimum Gasteiger partial charge on any atom is -0.463 e. The molecule has 0 atom stereocenters. The number of hydrazine groups is 1. The van der Waals surface area contributed by atoms with E-state index in [1.165, 1.54) is 6.26 Å². The second kappa shape index (κ2) is 9.75. The Balaban J connectivity index is 1.45. The maximum absolute atomic E-state index is 12.9. The van der Waals surface area contributed by atoms with Gasteiger partial charge in [0.25, 0.3) is 11.7 Å². The lowest BCUT2D eigenvalue weighted by atomic mass is 10.1. The molecule has 162 valence electrons. The molecule has 0 aliphatic rings. The summed E-state index contributed by atoms with van der Waals surface area (Å²) in [7, 11) is 0. The second-order valence-electron chi connectivity index (χ2n) is 6.49. The first-order chi connectivity index (χ1) is 15.5. The predicted octanol–water partition coefficient (Wildman–Crippen LogP) is 5.44. The van der Waals surface area contributed by atoms with Gasteiger partial charge in [-0.25, -0.2) is 4.98 Å². The standard InChI is InChI=1S/C22H16F2N4O2S2/c23-21(24)32-14-9-7-13(8-10-14)25-22(31)28-27-20(29)16-12-18(19-6-3-11-30-19)26-17-5-2-1-4-15(16)17/h1-12,21H,(H,27,29)(H2,25,28,31). The number of thiocarbonyl (C=S) groups is 1. The number of thioether (sulfide) groups is 1. The third-order valence-corrected chi connectivity index (χ3v) is 5.29. The van der Waals surface area contributed by atoms with Gasteiger partial charge < -0.3 is 9.73 Å². The maximum atomic E-state index is 12.9. The van der Waals surface area contributed by atoms with Crippen molar-refractivity contribution in [2.45, 2.75) is 10.7 Å². The first-order valence-electron chi connectivity index (χ1n) is 9.35. The molecule has 0 spiro atoms. The molecule has 4 rings (SSSR count). The molecule has 32 heavy (non-hydrogen) atoms. The van der Waals surface area contributed by atoms with E-state index >= 15 is 0 Å². The first-order valence-corrected chi connectivity index (χ1v) is 10.6. The molecule has 0 bridgehead atoms. The molecule has 2 heterocycles. The van der Waals surface area contributed by atoms with Gasteiger partial charge in [0.15, 0.2) is 10.9 Å². The van der Waals surface area contributed by atoms with Crippen molar-refractivity contribution in [3.05, 3.63) is 78.6 Å². The molecule has 2 aromatic carbocycles. The van der Waals surface area contributed by atoms with Gasteiger partial charge in [-0.05, 0) is 60.7 Å². The highest BCUT2D eigenvalue weighted by atomic mass is 32.2. The van der Waals surface area contributed by atoms with Crippen LogP contribution in [-0.2, 0) is 0 Å². The number of fused-ring (bicyclic) bond motifs is 1. The third-order valence-electron chi connectivity index (χ3n) is 4.36. The number of nitrogens with one attached hydrogen (secondary N) is 3. The smallest absolute Gasteiger partial charge is 0.288 e. The zero-order valence-electron chi connectivity index (χ0n) is 16.3. The number of halogens is 2. The number of anilines is 1. The minimum absolute atomic E-state index is 0.136. The number of amides is 1. The number of aromatic nitrogens is 1. The van der Waals surface area contributed by atoms with Crippen molar-refractivity contribution in [3.8, 4) is 11.5 Å². The Morgan fingerprint density at radius 2 is 1.81 bits per heavy atom. The number of nitrogens with zero attached hydrogens (tertiary/aromatic N) is 1. The van der Waals surface area contributed by atoms with Crippen molar-refractivity contribution in [2.24, 2.45) is 0 Å². The fourth-order valence-electron chi connectivity index (χ4n) is 2.98. The van der Waals surface area contributed by atoms with E-state index < -0.39 is 11.7 Å². The number of alkyl halides is 2. The van der Waals surface area contributed by atoms with Crippen LogP contribution in [0.5, 0.6) is 0 Å². The first kappa shape index (κ1) is 21.7. The van der Waals surface area contributed by atoms with Gasteiger partial charge in [-0.15, -0.1) is 0 Å². The van der Waals surface area contributed by atoms with Crippen molar-refractivity contribution >= 4 is 51.6 Å². The predicted molar refractivity (Wildman–Crippen MR) is 125 cm³/mol. The van der Waals surface area contributed by atoms with Crippen LogP contribution >= 0.6 is 24.0 Å². The monoisotopic (exact) mass is 470 g/mol. The van der Waals surface area contributed by atoms with Crippen LogP contribution in [0.15, 0.2) is 82.3 Å². The number of furan rings is 1. The normalized spacial score (nSPS) is 10.8. The summed E-state index contributed by atoms with van der Waals surface area (Å²) in [5.74, 6) is -2.35. The summed E-state index contributed by atoms with van der Waals surface area (Å²) < 4.78 is 30.2. The van der Waals surface area contributed by atoms with Gasteiger partial charge in [0, 0.05) is 16.0 Å². The van der Waals surface area contributed by atoms with Crippen molar-refractivity contribution in [1.29, 1.82) is 0 Å². The molecule has 6 nitrogen and oxygen atoms in total. The Morgan fingerprint density at radius 3 is 2.53 bits per heavy atom. The van der Waals surface area contributed by atoms with E-state index in [9.17, 15) is 13.6 Å². The second-order valence-corrected chi connectivity index (χ2v) is 7.96.